The van der Waals surface area contributed by atoms with Gasteiger partial charge in [0.25, 0.3) is 0 Å². The molecule has 0 aliphatic heterocycles. The van der Waals surface area contributed by atoms with Crippen LogP contribution in [0.3, 0.4) is 0 Å². The van der Waals surface area contributed by atoms with E-state index in [1.54, 1.807) is 43.8 Å². The number of carbonyl (C=O) groups excluding carboxylic acids is 2. The van der Waals surface area contributed by atoms with Crippen LogP contribution < -0.4 is 4.57 Å². The third-order valence-electron chi connectivity index (χ3n) is 2.33. The van der Waals surface area contributed by atoms with E-state index in [2.05, 4.69) is 0 Å². The molecule has 0 N–H and O–H groups in total. The molecule has 5 nitrogen and oxygen atoms in total. The SMILES string of the molecule is CCOC(=O)C[n+]1ccc(C(=O)OCC)c(C)c1. The van der Waals surface area contributed by atoms with Gasteiger partial charge in [0.15, 0.2) is 12.4 Å². The van der Waals surface area contributed by atoms with Crippen molar-refractivity contribution in [2.75, 3.05) is 13.2 Å². The lowest BCUT2D eigenvalue weighted by atomic mass is 10.1. The monoisotopic (exact) mass is 252 g/mol. The lowest BCUT2D eigenvalue weighted by Gasteiger charge is -2.04. The second-order valence-corrected chi connectivity index (χ2v) is 3.74. The summed E-state index contributed by atoms with van der Waals surface area (Å²) in [4.78, 5) is 22.9. The zero-order valence-corrected chi connectivity index (χ0v) is 10.9. The second kappa shape index (κ2) is 6.74. The number of rotatable bonds is 5. The number of hydrogen-bond donors (Lipinski definition) is 0. The first-order chi connectivity index (χ1) is 8.58. The molecule has 0 spiro atoms. The molecule has 0 saturated heterocycles. The van der Waals surface area contributed by atoms with Crippen molar-refractivity contribution >= 4 is 11.9 Å². The van der Waals surface area contributed by atoms with E-state index >= 15 is 0 Å². The van der Waals surface area contributed by atoms with E-state index in [1.165, 1.54) is 0 Å². The van der Waals surface area contributed by atoms with Crippen molar-refractivity contribution in [3.05, 3.63) is 29.6 Å². The molecule has 0 aliphatic carbocycles. The smallest absolute Gasteiger partial charge is 0.372 e. The maximum atomic E-state index is 11.6. The fourth-order valence-electron chi connectivity index (χ4n) is 1.55. The molecule has 5 heteroatoms. The largest absolute Gasteiger partial charge is 0.462 e. The molecule has 0 unspecified atom stereocenters. The highest BCUT2D eigenvalue weighted by Gasteiger charge is 2.16. The Morgan fingerprint density at radius 3 is 2.44 bits per heavy atom. The van der Waals surface area contributed by atoms with Crippen LogP contribution in [-0.2, 0) is 20.8 Å². The molecule has 0 bridgehead atoms. The first-order valence-electron chi connectivity index (χ1n) is 5.90. The van der Waals surface area contributed by atoms with Gasteiger partial charge < -0.3 is 9.47 Å². The summed E-state index contributed by atoms with van der Waals surface area (Å²) in [7, 11) is 0. The Morgan fingerprint density at radius 2 is 1.89 bits per heavy atom. The van der Waals surface area contributed by atoms with Gasteiger partial charge in [0, 0.05) is 11.6 Å². The van der Waals surface area contributed by atoms with E-state index in [-0.39, 0.29) is 18.5 Å². The standard InChI is InChI=1S/C13H18NO4/c1-4-17-12(15)9-14-7-6-11(10(3)8-14)13(16)18-5-2/h6-8H,4-5,9H2,1-3H3/q+1. The molecule has 0 aliphatic rings. The molecule has 0 saturated carbocycles. The van der Waals surface area contributed by atoms with Crippen molar-refractivity contribution in [2.45, 2.75) is 27.3 Å². The van der Waals surface area contributed by atoms with Crippen molar-refractivity contribution < 1.29 is 23.6 Å². The molecule has 0 aromatic carbocycles. The van der Waals surface area contributed by atoms with Gasteiger partial charge >= 0.3 is 11.9 Å². The van der Waals surface area contributed by atoms with Crippen LogP contribution >= 0.6 is 0 Å². The fourth-order valence-corrected chi connectivity index (χ4v) is 1.55. The quantitative estimate of drug-likeness (QED) is 0.580. The topological polar surface area (TPSA) is 56.5 Å². The van der Waals surface area contributed by atoms with E-state index < -0.39 is 0 Å². The van der Waals surface area contributed by atoms with Crippen LogP contribution in [0.2, 0.25) is 0 Å². The number of pyridine rings is 1. The Balaban J connectivity index is 2.79. The van der Waals surface area contributed by atoms with E-state index in [4.69, 9.17) is 9.47 Å². The number of ether oxygens (including phenoxy) is 2. The average Bonchev–Trinajstić information content (AvgIpc) is 2.29. The van der Waals surface area contributed by atoms with E-state index in [9.17, 15) is 9.59 Å². The van der Waals surface area contributed by atoms with Crippen molar-refractivity contribution in [3.63, 3.8) is 0 Å². The van der Waals surface area contributed by atoms with E-state index in [0.29, 0.717) is 18.8 Å². The first-order valence-corrected chi connectivity index (χ1v) is 5.90. The van der Waals surface area contributed by atoms with Crippen LogP contribution in [0.1, 0.15) is 29.8 Å². The van der Waals surface area contributed by atoms with Crippen LogP contribution in [0.4, 0.5) is 0 Å². The molecule has 1 aromatic heterocycles. The Morgan fingerprint density at radius 1 is 1.22 bits per heavy atom. The van der Waals surface area contributed by atoms with Gasteiger partial charge in [0.05, 0.1) is 18.8 Å². The summed E-state index contributed by atoms with van der Waals surface area (Å²) < 4.78 is 11.5. The Labute approximate surface area is 106 Å². The van der Waals surface area contributed by atoms with Crippen LogP contribution in [0, 0.1) is 6.92 Å². The van der Waals surface area contributed by atoms with Gasteiger partial charge in [-0.05, 0) is 20.8 Å². The predicted molar refractivity (Wildman–Crippen MR) is 64.0 cm³/mol. The number of carbonyl (C=O) groups is 2. The van der Waals surface area contributed by atoms with Gasteiger partial charge in [-0.3, -0.25) is 0 Å². The van der Waals surface area contributed by atoms with Gasteiger partial charge in [0.1, 0.15) is 0 Å². The van der Waals surface area contributed by atoms with Gasteiger partial charge in [-0.2, -0.15) is 4.57 Å². The molecule has 98 valence electrons. The molecule has 0 atom stereocenters. The Kier molecular flexibility index (Phi) is 5.30. The molecule has 1 aromatic rings. The number of esters is 2. The number of aryl methyl sites for hydroxylation is 1. The van der Waals surface area contributed by atoms with E-state index in [1.807, 2.05) is 0 Å². The van der Waals surface area contributed by atoms with Gasteiger partial charge in [-0.25, -0.2) is 9.59 Å². The van der Waals surface area contributed by atoms with Crippen molar-refractivity contribution in [3.8, 4) is 0 Å². The maximum Gasteiger partial charge on any atom is 0.372 e. The van der Waals surface area contributed by atoms with Gasteiger partial charge in [0.2, 0.25) is 6.54 Å². The predicted octanol–water partition coefficient (Wildman–Crippen LogP) is 1.02. The highest BCUT2D eigenvalue weighted by atomic mass is 16.5. The summed E-state index contributed by atoms with van der Waals surface area (Å²) in [5.74, 6) is -0.649. The minimum Gasteiger partial charge on any atom is -0.462 e. The number of nitrogens with zero attached hydrogens (tertiary/aromatic N) is 1. The summed E-state index contributed by atoms with van der Waals surface area (Å²) in [5.41, 5.74) is 1.28. The number of aromatic nitrogens is 1. The molecule has 0 amide bonds. The summed E-state index contributed by atoms with van der Waals surface area (Å²) in [6, 6.07) is 1.65. The minimum atomic E-state index is -0.349. The summed E-state index contributed by atoms with van der Waals surface area (Å²) in [5, 5.41) is 0. The lowest BCUT2D eigenvalue weighted by Crippen LogP contribution is -2.38. The normalized spacial score (nSPS) is 9.94. The Bertz CT molecular complexity index is 443. The highest BCUT2D eigenvalue weighted by molar-refractivity contribution is 5.90. The fraction of sp³-hybridized carbons (Fsp3) is 0.462. The van der Waals surface area contributed by atoms with Crippen molar-refractivity contribution in [1.82, 2.24) is 0 Å². The van der Waals surface area contributed by atoms with Crippen molar-refractivity contribution in [1.29, 1.82) is 0 Å². The maximum absolute atomic E-state index is 11.6. The highest BCUT2D eigenvalue weighted by Crippen LogP contribution is 2.06. The third kappa shape index (κ3) is 3.84. The lowest BCUT2D eigenvalue weighted by molar-refractivity contribution is -0.686. The molecule has 0 radical (unpaired) electrons. The average molecular weight is 252 g/mol. The molecule has 1 heterocycles. The molecule has 1 rings (SSSR count). The molecular weight excluding hydrogens is 234 g/mol. The van der Waals surface area contributed by atoms with Gasteiger partial charge in [-0.15, -0.1) is 0 Å². The zero-order chi connectivity index (χ0) is 13.5. The molecular formula is C13H18NO4+. The summed E-state index contributed by atoms with van der Waals surface area (Å²) in [6.45, 7) is 6.16. The first kappa shape index (κ1) is 14.2. The summed E-state index contributed by atoms with van der Waals surface area (Å²) in [6.07, 6.45) is 3.39. The van der Waals surface area contributed by atoms with E-state index in [0.717, 1.165) is 5.56 Å². The molecule has 18 heavy (non-hydrogen) atoms. The van der Waals surface area contributed by atoms with Crippen LogP contribution in [-0.4, -0.2) is 25.2 Å². The Hall–Kier alpha value is -1.91. The second-order valence-electron chi connectivity index (χ2n) is 3.74. The van der Waals surface area contributed by atoms with Crippen LogP contribution in [0.25, 0.3) is 0 Å². The zero-order valence-electron chi connectivity index (χ0n) is 10.9. The van der Waals surface area contributed by atoms with Crippen LogP contribution in [0.5, 0.6) is 0 Å². The van der Waals surface area contributed by atoms with Crippen molar-refractivity contribution in [2.24, 2.45) is 0 Å². The summed E-state index contributed by atoms with van der Waals surface area (Å²) >= 11 is 0. The number of hydrogen-bond acceptors (Lipinski definition) is 4. The molecule has 0 fully saturated rings. The third-order valence-corrected chi connectivity index (χ3v) is 2.33. The van der Waals surface area contributed by atoms with Crippen LogP contribution in [0.15, 0.2) is 18.5 Å². The minimum absolute atomic E-state index is 0.137. The van der Waals surface area contributed by atoms with Gasteiger partial charge in [-0.1, -0.05) is 0 Å².